The van der Waals surface area contributed by atoms with Gasteiger partial charge in [0.05, 0.1) is 19.3 Å². The van der Waals surface area contributed by atoms with Crippen LogP contribution >= 0.6 is 24.0 Å². The highest BCUT2D eigenvalue weighted by Crippen LogP contribution is 2.32. The van der Waals surface area contributed by atoms with Crippen LogP contribution in [0.1, 0.15) is 26.3 Å². The van der Waals surface area contributed by atoms with Gasteiger partial charge in [0.1, 0.15) is 0 Å². The van der Waals surface area contributed by atoms with Crippen molar-refractivity contribution >= 4 is 29.9 Å². The van der Waals surface area contributed by atoms with E-state index in [1.807, 2.05) is 0 Å². The topological polar surface area (TPSA) is 67.4 Å². The van der Waals surface area contributed by atoms with Crippen molar-refractivity contribution < 1.29 is 23.0 Å². The number of morpholine rings is 1. The van der Waals surface area contributed by atoms with E-state index in [1.165, 1.54) is 0 Å². The zero-order chi connectivity index (χ0) is 21.9. The van der Waals surface area contributed by atoms with Gasteiger partial charge in [0, 0.05) is 45.3 Å². The number of nitrogens with one attached hydrogen (secondary N) is 2. The number of alkyl halides is 2. The van der Waals surface area contributed by atoms with Crippen molar-refractivity contribution in [2.24, 2.45) is 10.9 Å². The van der Waals surface area contributed by atoms with Crippen molar-refractivity contribution in [2.45, 2.75) is 40.0 Å². The smallest absolute Gasteiger partial charge is 0.387 e. The minimum Gasteiger partial charge on any atom is -0.490 e. The summed E-state index contributed by atoms with van der Waals surface area (Å²) in [6.45, 7) is 8.08. The zero-order valence-electron chi connectivity index (χ0n) is 18.7. The van der Waals surface area contributed by atoms with Crippen LogP contribution in [0.15, 0.2) is 23.2 Å². The van der Waals surface area contributed by atoms with Crippen LogP contribution in [0.4, 0.5) is 8.78 Å². The van der Waals surface area contributed by atoms with Gasteiger partial charge in [0.2, 0.25) is 0 Å². The van der Waals surface area contributed by atoms with Gasteiger partial charge in [-0.05, 0) is 18.9 Å². The van der Waals surface area contributed by atoms with Crippen molar-refractivity contribution in [1.29, 1.82) is 0 Å². The van der Waals surface area contributed by atoms with Crippen LogP contribution < -0.4 is 20.1 Å². The molecule has 1 fully saturated rings. The Morgan fingerprint density at radius 3 is 2.74 bits per heavy atom. The van der Waals surface area contributed by atoms with Gasteiger partial charge in [-0.15, -0.1) is 24.0 Å². The molecule has 0 amide bonds. The third-order valence-corrected chi connectivity index (χ3v) is 4.58. The van der Waals surface area contributed by atoms with Crippen LogP contribution in [0, 0.1) is 5.92 Å². The first-order valence-corrected chi connectivity index (χ1v) is 10.4. The first-order valence-electron chi connectivity index (χ1n) is 10.4. The SMILES string of the molecule is CCOc1cccc(CNC(=NC)NCC2CN(CC(C)C)CCO2)c1OC(F)F.I. The molecule has 0 radical (unpaired) electrons. The molecular weight excluding hydrogens is 521 g/mol. The van der Waals surface area contributed by atoms with Crippen LogP contribution in [0.5, 0.6) is 11.5 Å². The normalized spacial score (nSPS) is 17.4. The number of aliphatic imine (C=N–C) groups is 1. The quantitative estimate of drug-likeness (QED) is 0.262. The Kier molecular flexibility index (Phi) is 13.0. The fourth-order valence-corrected chi connectivity index (χ4v) is 3.39. The molecule has 2 N–H and O–H groups in total. The van der Waals surface area contributed by atoms with Gasteiger partial charge in [-0.2, -0.15) is 8.78 Å². The second-order valence-electron chi connectivity index (χ2n) is 7.51. The van der Waals surface area contributed by atoms with Gasteiger partial charge in [-0.25, -0.2) is 0 Å². The Bertz CT molecular complexity index is 680. The lowest BCUT2D eigenvalue weighted by Crippen LogP contribution is -2.50. The average Bonchev–Trinajstić information content (AvgIpc) is 2.69. The fourth-order valence-electron chi connectivity index (χ4n) is 3.39. The highest BCUT2D eigenvalue weighted by molar-refractivity contribution is 14.0. The Morgan fingerprint density at radius 1 is 1.32 bits per heavy atom. The second kappa shape index (κ2) is 14.6. The van der Waals surface area contributed by atoms with Crippen LogP contribution in [0.3, 0.4) is 0 Å². The number of guanidine groups is 1. The largest absolute Gasteiger partial charge is 0.490 e. The standard InChI is InChI=1S/C21H34F2N4O3.HI/c1-5-28-18-8-6-7-16(19(18)30-20(22)23)11-25-21(24-4)26-12-17-14-27(9-10-29-17)13-15(2)3;/h6-8,15,17,20H,5,9-14H2,1-4H3,(H2,24,25,26);1H. The number of ether oxygens (including phenoxy) is 3. The van der Waals surface area contributed by atoms with E-state index in [0.29, 0.717) is 42.9 Å². The van der Waals surface area contributed by atoms with E-state index in [4.69, 9.17) is 14.2 Å². The summed E-state index contributed by atoms with van der Waals surface area (Å²) < 4.78 is 41.7. The Morgan fingerprint density at radius 2 is 2.10 bits per heavy atom. The number of para-hydroxylation sites is 1. The number of hydrogen-bond donors (Lipinski definition) is 2. The molecule has 0 bridgehead atoms. The van der Waals surface area contributed by atoms with Crippen molar-refractivity contribution in [3.8, 4) is 11.5 Å². The maximum Gasteiger partial charge on any atom is 0.387 e. The van der Waals surface area contributed by atoms with Gasteiger partial charge < -0.3 is 24.8 Å². The molecule has 0 saturated carbocycles. The van der Waals surface area contributed by atoms with Crippen molar-refractivity contribution in [3.63, 3.8) is 0 Å². The summed E-state index contributed by atoms with van der Waals surface area (Å²) in [6, 6.07) is 5.07. The minimum atomic E-state index is -2.93. The molecule has 0 aromatic heterocycles. The van der Waals surface area contributed by atoms with E-state index < -0.39 is 6.61 Å². The lowest BCUT2D eigenvalue weighted by molar-refractivity contribution is -0.0520. The Labute approximate surface area is 200 Å². The van der Waals surface area contributed by atoms with Crippen LogP contribution in [0.25, 0.3) is 0 Å². The molecular formula is C21H35F2IN4O3. The van der Waals surface area contributed by atoms with E-state index >= 15 is 0 Å². The molecule has 1 aliphatic heterocycles. The number of hydrogen-bond acceptors (Lipinski definition) is 5. The predicted octanol–water partition coefficient (Wildman–Crippen LogP) is 3.33. The molecule has 1 atom stereocenters. The van der Waals surface area contributed by atoms with Crippen LogP contribution in [-0.2, 0) is 11.3 Å². The van der Waals surface area contributed by atoms with E-state index in [-0.39, 0.29) is 42.4 Å². The Balaban J connectivity index is 0.00000480. The molecule has 2 rings (SSSR count). The van der Waals surface area contributed by atoms with E-state index in [0.717, 1.165) is 19.6 Å². The summed E-state index contributed by atoms with van der Waals surface area (Å²) in [5.74, 6) is 1.51. The molecule has 1 saturated heterocycles. The van der Waals surface area contributed by atoms with Crippen molar-refractivity contribution in [2.75, 3.05) is 46.4 Å². The lowest BCUT2D eigenvalue weighted by Gasteiger charge is -2.34. The third-order valence-electron chi connectivity index (χ3n) is 4.58. The monoisotopic (exact) mass is 556 g/mol. The summed E-state index contributed by atoms with van der Waals surface area (Å²) in [5, 5.41) is 6.39. The predicted molar refractivity (Wildman–Crippen MR) is 129 cm³/mol. The molecule has 1 aromatic carbocycles. The van der Waals surface area contributed by atoms with E-state index in [2.05, 4.69) is 34.4 Å². The molecule has 31 heavy (non-hydrogen) atoms. The van der Waals surface area contributed by atoms with Gasteiger partial charge in [-0.3, -0.25) is 9.89 Å². The third kappa shape index (κ3) is 9.73. The summed E-state index contributed by atoms with van der Waals surface area (Å²) in [5.41, 5.74) is 0.557. The number of rotatable bonds is 10. The fraction of sp³-hybridized carbons (Fsp3) is 0.667. The molecule has 1 aliphatic rings. The molecule has 1 heterocycles. The van der Waals surface area contributed by atoms with Crippen LogP contribution in [-0.4, -0.2) is 70.0 Å². The summed E-state index contributed by atoms with van der Waals surface area (Å²) in [4.78, 5) is 6.62. The van der Waals surface area contributed by atoms with Gasteiger partial charge in [0.25, 0.3) is 0 Å². The molecule has 10 heteroatoms. The van der Waals surface area contributed by atoms with Gasteiger partial charge in [-0.1, -0.05) is 26.0 Å². The maximum atomic E-state index is 12.9. The van der Waals surface area contributed by atoms with Crippen molar-refractivity contribution in [1.82, 2.24) is 15.5 Å². The number of benzene rings is 1. The number of nitrogens with zero attached hydrogens (tertiary/aromatic N) is 2. The summed E-state index contributed by atoms with van der Waals surface area (Å²) in [6.07, 6.45) is 0.0649. The summed E-state index contributed by atoms with van der Waals surface area (Å²) in [7, 11) is 1.66. The van der Waals surface area contributed by atoms with Gasteiger partial charge in [0.15, 0.2) is 17.5 Å². The molecule has 1 unspecified atom stereocenters. The molecule has 1 aromatic rings. The maximum absolute atomic E-state index is 12.9. The molecule has 0 aliphatic carbocycles. The van der Waals surface area contributed by atoms with Crippen molar-refractivity contribution in [3.05, 3.63) is 23.8 Å². The zero-order valence-corrected chi connectivity index (χ0v) is 21.0. The lowest BCUT2D eigenvalue weighted by atomic mass is 10.2. The molecule has 7 nitrogen and oxygen atoms in total. The highest BCUT2D eigenvalue weighted by atomic mass is 127. The minimum absolute atomic E-state index is 0. The first kappa shape index (κ1) is 27.6. The summed E-state index contributed by atoms with van der Waals surface area (Å²) >= 11 is 0. The highest BCUT2D eigenvalue weighted by Gasteiger charge is 2.21. The Hall–Kier alpha value is -1.40. The van der Waals surface area contributed by atoms with E-state index in [1.54, 1.807) is 32.2 Å². The van der Waals surface area contributed by atoms with E-state index in [9.17, 15) is 8.78 Å². The van der Waals surface area contributed by atoms with Crippen LogP contribution in [0.2, 0.25) is 0 Å². The average molecular weight is 556 g/mol. The van der Waals surface area contributed by atoms with Gasteiger partial charge >= 0.3 is 6.61 Å². The number of halogens is 3. The second-order valence-corrected chi connectivity index (χ2v) is 7.51. The first-order chi connectivity index (χ1) is 14.4. The molecule has 178 valence electrons. The molecule has 0 spiro atoms.